The smallest absolute Gasteiger partial charge is 0.159 e. The molecule has 0 saturated carbocycles. The van der Waals surface area contributed by atoms with Crippen LogP contribution in [-0.4, -0.2) is 28.9 Å². The Bertz CT molecular complexity index is 644. The molecule has 1 N–H and O–H groups in total. The minimum absolute atomic E-state index is 0.107. The molecule has 1 aromatic heterocycles. The lowest BCUT2D eigenvalue weighted by Gasteiger charge is -2.39. The molecule has 3 aliphatic heterocycles. The largest absolute Gasteiger partial charge is 0.464 e. The molecule has 6 heteroatoms. The Balaban J connectivity index is 1.79. The minimum Gasteiger partial charge on any atom is -0.464 e. The van der Waals surface area contributed by atoms with Crippen LogP contribution in [0, 0.1) is 13.8 Å². The standard InChI is InChI=1S/C14H19N5O/c1-5-12-15-16-14-10-6-11-13(7(2)8(3)20-11)18(10)9(4)17-19(12)14/h10,14,16H,5-6H2,1-4H3. The molecule has 6 nitrogen and oxygen atoms in total. The second kappa shape index (κ2) is 3.77. The van der Waals surface area contributed by atoms with E-state index in [4.69, 9.17) is 9.52 Å². The first kappa shape index (κ1) is 11.8. The van der Waals surface area contributed by atoms with Crippen LogP contribution in [0.3, 0.4) is 0 Å². The van der Waals surface area contributed by atoms with Crippen molar-refractivity contribution in [1.82, 2.24) is 10.4 Å². The summed E-state index contributed by atoms with van der Waals surface area (Å²) in [4.78, 5) is 2.31. The molecule has 0 radical (unpaired) electrons. The molecule has 2 unspecified atom stereocenters. The Morgan fingerprint density at radius 3 is 2.90 bits per heavy atom. The van der Waals surface area contributed by atoms with Gasteiger partial charge in [0.2, 0.25) is 0 Å². The zero-order valence-electron chi connectivity index (χ0n) is 12.3. The van der Waals surface area contributed by atoms with E-state index < -0.39 is 0 Å². The summed E-state index contributed by atoms with van der Waals surface area (Å²) in [6, 6.07) is 0.299. The number of furan rings is 1. The molecule has 0 bridgehead atoms. The summed E-state index contributed by atoms with van der Waals surface area (Å²) in [6.45, 7) is 8.31. The third-order valence-electron chi connectivity index (χ3n) is 4.53. The highest BCUT2D eigenvalue weighted by Crippen LogP contribution is 2.42. The van der Waals surface area contributed by atoms with Crippen LogP contribution >= 0.6 is 0 Å². The van der Waals surface area contributed by atoms with Crippen molar-refractivity contribution in [3.8, 4) is 0 Å². The van der Waals surface area contributed by atoms with Crippen LogP contribution in [0.2, 0.25) is 0 Å². The van der Waals surface area contributed by atoms with Gasteiger partial charge in [-0.2, -0.15) is 10.2 Å². The van der Waals surface area contributed by atoms with E-state index >= 15 is 0 Å². The fourth-order valence-corrected chi connectivity index (χ4v) is 3.46. The lowest BCUT2D eigenvalue weighted by atomic mass is 10.1. The van der Waals surface area contributed by atoms with Crippen LogP contribution in [-0.2, 0) is 6.42 Å². The van der Waals surface area contributed by atoms with Gasteiger partial charge in [-0.05, 0) is 20.8 Å². The molecule has 0 aromatic carbocycles. The summed E-state index contributed by atoms with van der Waals surface area (Å²) in [5, 5.41) is 11.2. The summed E-state index contributed by atoms with van der Waals surface area (Å²) in [5.74, 6) is 4.10. The predicted molar refractivity (Wildman–Crippen MR) is 77.8 cm³/mol. The van der Waals surface area contributed by atoms with E-state index in [2.05, 4.69) is 36.2 Å². The predicted octanol–water partition coefficient (Wildman–Crippen LogP) is 1.93. The zero-order chi connectivity index (χ0) is 14.0. The molecule has 20 heavy (non-hydrogen) atoms. The number of fused-ring (bicyclic) bond motifs is 5. The van der Waals surface area contributed by atoms with Crippen LogP contribution in [0.15, 0.2) is 14.6 Å². The van der Waals surface area contributed by atoms with Gasteiger partial charge in [0.15, 0.2) is 6.17 Å². The average Bonchev–Trinajstić information content (AvgIpc) is 3.04. The lowest BCUT2D eigenvalue weighted by molar-refractivity contribution is 0.249. The summed E-state index contributed by atoms with van der Waals surface area (Å²) < 4.78 is 5.92. The lowest BCUT2D eigenvalue weighted by Crippen LogP contribution is -2.58. The fraction of sp³-hybridized carbons (Fsp3) is 0.571. The van der Waals surface area contributed by atoms with E-state index in [1.165, 1.54) is 11.3 Å². The first-order valence-electron chi connectivity index (χ1n) is 7.16. The van der Waals surface area contributed by atoms with Crippen LogP contribution in [0.25, 0.3) is 0 Å². The number of hydrogen-bond acceptors (Lipinski definition) is 6. The van der Waals surface area contributed by atoms with Gasteiger partial charge in [0.05, 0.1) is 11.7 Å². The van der Waals surface area contributed by atoms with Gasteiger partial charge in [0.25, 0.3) is 0 Å². The number of hydrogen-bond donors (Lipinski definition) is 1. The third kappa shape index (κ3) is 1.29. The topological polar surface area (TPSA) is 56.4 Å². The van der Waals surface area contributed by atoms with E-state index in [1.54, 1.807) is 0 Å². The Kier molecular flexibility index (Phi) is 2.23. The molecule has 4 rings (SSSR count). The molecule has 4 heterocycles. The van der Waals surface area contributed by atoms with Gasteiger partial charge >= 0.3 is 0 Å². The number of aryl methyl sites for hydroxylation is 1. The number of hydrazone groups is 2. The third-order valence-corrected chi connectivity index (χ3v) is 4.53. The van der Waals surface area contributed by atoms with E-state index in [9.17, 15) is 0 Å². The molecule has 0 fully saturated rings. The number of nitrogens with one attached hydrogen (secondary N) is 1. The molecule has 0 aliphatic carbocycles. The summed E-state index contributed by atoms with van der Waals surface area (Å²) >= 11 is 0. The molecule has 0 spiro atoms. The highest BCUT2D eigenvalue weighted by molar-refractivity contribution is 6.01. The molecule has 0 amide bonds. The van der Waals surface area contributed by atoms with Crippen molar-refractivity contribution in [2.24, 2.45) is 10.2 Å². The Morgan fingerprint density at radius 2 is 2.15 bits per heavy atom. The fourth-order valence-electron chi connectivity index (χ4n) is 3.46. The molecular formula is C14H19N5O. The van der Waals surface area contributed by atoms with E-state index in [0.717, 1.165) is 36.0 Å². The molecule has 3 aliphatic rings. The molecular weight excluding hydrogens is 254 g/mol. The molecule has 2 atom stereocenters. The van der Waals surface area contributed by atoms with Crippen LogP contribution in [0.5, 0.6) is 0 Å². The van der Waals surface area contributed by atoms with E-state index in [-0.39, 0.29) is 6.17 Å². The van der Waals surface area contributed by atoms with Gasteiger partial charge < -0.3 is 9.32 Å². The van der Waals surface area contributed by atoms with Gasteiger partial charge in [-0.15, -0.1) is 0 Å². The van der Waals surface area contributed by atoms with Gasteiger partial charge in [-0.3, -0.25) is 5.43 Å². The van der Waals surface area contributed by atoms with Crippen molar-refractivity contribution in [3.63, 3.8) is 0 Å². The second-order valence-corrected chi connectivity index (χ2v) is 5.64. The number of rotatable bonds is 1. The molecule has 106 valence electrons. The van der Waals surface area contributed by atoms with Gasteiger partial charge in [0, 0.05) is 18.4 Å². The van der Waals surface area contributed by atoms with Crippen LogP contribution in [0.4, 0.5) is 5.69 Å². The molecule has 0 saturated heterocycles. The molecule has 1 aromatic rings. The van der Waals surface area contributed by atoms with E-state index in [1.807, 2.05) is 11.9 Å². The number of amidine groups is 2. The van der Waals surface area contributed by atoms with Crippen molar-refractivity contribution < 1.29 is 4.42 Å². The maximum Gasteiger partial charge on any atom is 0.159 e. The maximum atomic E-state index is 5.92. The minimum atomic E-state index is 0.107. The highest BCUT2D eigenvalue weighted by atomic mass is 16.3. The summed E-state index contributed by atoms with van der Waals surface area (Å²) in [6.07, 6.45) is 1.89. The summed E-state index contributed by atoms with van der Waals surface area (Å²) in [5.41, 5.74) is 5.66. The van der Waals surface area contributed by atoms with Crippen molar-refractivity contribution >= 4 is 17.4 Å². The average molecular weight is 273 g/mol. The normalized spacial score (nSPS) is 26.8. The van der Waals surface area contributed by atoms with Crippen molar-refractivity contribution in [2.75, 3.05) is 4.90 Å². The number of nitrogens with zero attached hydrogens (tertiary/aromatic N) is 4. The zero-order valence-corrected chi connectivity index (χ0v) is 12.3. The number of anilines is 1. The van der Waals surface area contributed by atoms with E-state index in [0.29, 0.717) is 6.04 Å². The van der Waals surface area contributed by atoms with Gasteiger partial charge in [0.1, 0.15) is 23.2 Å². The maximum absolute atomic E-state index is 5.92. The highest BCUT2D eigenvalue weighted by Gasteiger charge is 2.48. The van der Waals surface area contributed by atoms with Crippen molar-refractivity contribution in [3.05, 3.63) is 17.1 Å². The SMILES string of the molecule is CCC1=NNC2C3Cc4oc(C)c(C)c4N3C(C)=NN12. The monoisotopic (exact) mass is 273 g/mol. The first-order valence-corrected chi connectivity index (χ1v) is 7.16. The quantitative estimate of drug-likeness (QED) is 0.849. The van der Waals surface area contributed by atoms with Crippen molar-refractivity contribution in [1.29, 1.82) is 0 Å². The Hall–Kier alpha value is -1.98. The Labute approximate surface area is 118 Å². The Morgan fingerprint density at radius 1 is 1.35 bits per heavy atom. The van der Waals surface area contributed by atoms with Gasteiger partial charge in [-0.25, -0.2) is 5.01 Å². The second-order valence-electron chi connectivity index (χ2n) is 5.64. The van der Waals surface area contributed by atoms with Crippen LogP contribution in [0.1, 0.15) is 37.4 Å². The van der Waals surface area contributed by atoms with Crippen molar-refractivity contribution in [2.45, 2.75) is 52.7 Å². The first-order chi connectivity index (χ1) is 9.61. The summed E-state index contributed by atoms with van der Waals surface area (Å²) in [7, 11) is 0. The van der Waals surface area contributed by atoms with Gasteiger partial charge in [-0.1, -0.05) is 6.92 Å². The van der Waals surface area contributed by atoms with Crippen LogP contribution < -0.4 is 10.3 Å².